The molecule has 2 fully saturated rings. The zero-order valence-electron chi connectivity index (χ0n) is 25.2. The summed E-state index contributed by atoms with van der Waals surface area (Å²) in [5.41, 5.74) is 16.6. The van der Waals surface area contributed by atoms with Gasteiger partial charge in [0, 0.05) is 31.2 Å². The number of hydrogen-bond acceptors (Lipinski definition) is 9. The molecule has 1 saturated heterocycles. The van der Waals surface area contributed by atoms with Gasteiger partial charge >= 0.3 is 0 Å². The summed E-state index contributed by atoms with van der Waals surface area (Å²) < 4.78 is 7.93. The average Bonchev–Trinajstić information content (AvgIpc) is 3.55. The summed E-state index contributed by atoms with van der Waals surface area (Å²) in [6.45, 7) is 11.5. The molecule has 226 valence electrons. The summed E-state index contributed by atoms with van der Waals surface area (Å²) in [7, 11) is 0. The summed E-state index contributed by atoms with van der Waals surface area (Å²) in [5.74, 6) is 1.94. The number of anilines is 2. The number of imidazole rings is 1. The Morgan fingerprint density at radius 3 is 2.62 bits per heavy atom. The zero-order chi connectivity index (χ0) is 29.9. The van der Waals surface area contributed by atoms with E-state index >= 15 is 0 Å². The Bertz CT molecular complexity index is 1570. The highest BCUT2D eigenvalue weighted by Gasteiger charge is 2.46. The van der Waals surface area contributed by atoms with Crippen LogP contribution < -0.4 is 11.5 Å². The van der Waals surface area contributed by atoms with Crippen molar-refractivity contribution >= 4 is 33.6 Å². The fourth-order valence-electron chi connectivity index (χ4n) is 6.63. The van der Waals surface area contributed by atoms with Crippen molar-refractivity contribution in [2.75, 3.05) is 18.0 Å². The monoisotopic (exact) mass is 576 g/mol. The number of aliphatic hydroxyl groups is 2. The van der Waals surface area contributed by atoms with Crippen LogP contribution in [0.4, 0.5) is 11.5 Å². The van der Waals surface area contributed by atoms with Crippen LogP contribution in [0.1, 0.15) is 71.5 Å². The molecule has 1 aliphatic carbocycles. The third-order valence-corrected chi connectivity index (χ3v) is 9.20. The molecule has 42 heavy (non-hydrogen) atoms. The molecule has 0 bridgehead atoms. The third-order valence-electron chi connectivity index (χ3n) is 9.20. The number of aliphatic hydroxyl groups excluding tert-OH is 2. The number of ether oxygens (including phenoxy) is 1. The minimum atomic E-state index is -1.13. The molecule has 1 aliphatic heterocycles. The lowest BCUT2D eigenvalue weighted by molar-refractivity contribution is -0.0618. The number of nitrogens with one attached hydrogen (secondary N) is 1. The van der Waals surface area contributed by atoms with Gasteiger partial charge in [-0.2, -0.15) is 0 Å². The molecule has 4 aromatic rings. The maximum Gasteiger partial charge on any atom is 0.164 e. The molecule has 1 saturated carbocycles. The fourth-order valence-corrected chi connectivity index (χ4v) is 6.63. The van der Waals surface area contributed by atoms with Gasteiger partial charge in [0.2, 0.25) is 0 Å². The predicted octanol–water partition coefficient (Wildman–Crippen LogP) is 3.51. The number of benzene rings is 1. The lowest BCUT2D eigenvalue weighted by atomic mass is 9.76. The Morgan fingerprint density at radius 2 is 1.90 bits per heavy atom. The van der Waals surface area contributed by atoms with Gasteiger partial charge in [0.15, 0.2) is 6.23 Å². The van der Waals surface area contributed by atoms with Crippen LogP contribution >= 0.6 is 0 Å². The van der Waals surface area contributed by atoms with E-state index in [0.717, 1.165) is 42.5 Å². The van der Waals surface area contributed by atoms with E-state index in [0.29, 0.717) is 35.2 Å². The molecule has 0 spiro atoms. The van der Waals surface area contributed by atoms with Crippen molar-refractivity contribution in [1.82, 2.24) is 29.4 Å². The van der Waals surface area contributed by atoms with Crippen LogP contribution in [0.2, 0.25) is 0 Å². The van der Waals surface area contributed by atoms with Crippen molar-refractivity contribution in [3.8, 4) is 0 Å². The summed E-state index contributed by atoms with van der Waals surface area (Å²) in [6.07, 6.45) is 3.64. The number of rotatable bonds is 8. The van der Waals surface area contributed by atoms with E-state index in [1.165, 1.54) is 11.9 Å². The topological polar surface area (TPSA) is 164 Å². The van der Waals surface area contributed by atoms with Crippen molar-refractivity contribution < 1.29 is 14.9 Å². The molecule has 6 rings (SSSR count). The van der Waals surface area contributed by atoms with Crippen LogP contribution in [0.25, 0.3) is 22.1 Å². The van der Waals surface area contributed by atoms with Gasteiger partial charge in [-0.1, -0.05) is 26.8 Å². The second kappa shape index (κ2) is 10.8. The summed E-state index contributed by atoms with van der Waals surface area (Å²) in [5, 5.41) is 22.5. The van der Waals surface area contributed by atoms with Crippen molar-refractivity contribution in [3.05, 3.63) is 42.1 Å². The molecule has 4 atom stereocenters. The molecule has 4 heterocycles. The first-order chi connectivity index (χ1) is 19.9. The van der Waals surface area contributed by atoms with E-state index in [1.54, 1.807) is 10.8 Å². The molecule has 0 amide bonds. The number of fused-ring (bicyclic) bond motifs is 2. The highest BCUT2D eigenvalue weighted by Crippen LogP contribution is 2.39. The van der Waals surface area contributed by atoms with Crippen LogP contribution in [-0.2, 0) is 16.6 Å². The maximum absolute atomic E-state index is 11.0. The molecular formula is C31H44N8O3. The first-order valence-corrected chi connectivity index (χ1v) is 15.0. The van der Waals surface area contributed by atoms with Crippen molar-refractivity contribution in [2.45, 2.75) is 102 Å². The van der Waals surface area contributed by atoms with E-state index in [1.807, 2.05) is 0 Å². The lowest BCUT2D eigenvalue weighted by Crippen LogP contribution is -2.52. The molecule has 7 N–H and O–H groups in total. The highest BCUT2D eigenvalue weighted by molar-refractivity contribution is 5.97. The highest BCUT2D eigenvalue weighted by atomic mass is 16.6. The number of aryl methyl sites for hydroxylation is 1. The summed E-state index contributed by atoms with van der Waals surface area (Å²) in [6, 6.07) is 7.20. The first kappa shape index (κ1) is 28.9. The Morgan fingerprint density at radius 1 is 1.14 bits per heavy atom. The molecular weight excluding hydrogens is 532 g/mol. The molecule has 11 nitrogen and oxygen atoms in total. The standard InChI is InChI=1S/C31H44N8O3/c1-16(2)38(14-23-26(40)27(41)30(42-23)39-13-20(32)25-28(33)34-15-35-29(25)39)19-10-17(11-19)6-9-24-36-21-8-7-18(31(3,4)5)12-22(21)37-24/h7-8,12-13,15-17,19,23,26-27,30,40-41H,6,9-11,14,32H2,1-5H3,(H,36,37)(H2,33,34,35). The number of H-pyrrole nitrogens is 1. The van der Waals surface area contributed by atoms with Gasteiger partial charge in [-0.05, 0) is 62.1 Å². The van der Waals surface area contributed by atoms with E-state index in [4.69, 9.17) is 21.2 Å². The smallest absolute Gasteiger partial charge is 0.164 e. The number of aromatic amines is 1. The Kier molecular flexibility index (Phi) is 7.41. The van der Waals surface area contributed by atoms with Gasteiger partial charge in [0.05, 0.1) is 22.1 Å². The molecule has 2 aliphatic rings. The number of hydrogen-bond donors (Lipinski definition) is 5. The minimum absolute atomic E-state index is 0.107. The molecule has 4 unspecified atom stereocenters. The normalized spacial score (nSPS) is 26.6. The molecule has 3 aromatic heterocycles. The van der Waals surface area contributed by atoms with Crippen LogP contribution in [0.15, 0.2) is 30.7 Å². The number of nitrogen functional groups attached to an aromatic ring is 2. The van der Waals surface area contributed by atoms with E-state index in [-0.39, 0.29) is 17.3 Å². The van der Waals surface area contributed by atoms with Crippen LogP contribution in [0.5, 0.6) is 0 Å². The Labute approximate surface area is 246 Å². The predicted molar refractivity (Wildman–Crippen MR) is 164 cm³/mol. The van der Waals surface area contributed by atoms with E-state index < -0.39 is 24.5 Å². The largest absolute Gasteiger partial charge is 0.397 e. The van der Waals surface area contributed by atoms with Crippen LogP contribution in [0, 0.1) is 5.92 Å². The summed E-state index contributed by atoms with van der Waals surface area (Å²) in [4.78, 5) is 19.1. The average molecular weight is 577 g/mol. The molecule has 1 aromatic carbocycles. The third kappa shape index (κ3) is 5.23. The quantitative estimate of drug-likeness (QED) is 0.211. The molecule has 0 radical (unpaired) electrons. The number of nitrogens with zero attached hydrogens (tertiary/aromatic N) is 5. The number of aromatic nitrogens is 5. The Hall–Kier alpha value is -3.25. The maximum atomic E-state index is 11.0. The fraction of sp³-hybridized carbons (Fsp3) is 0.581. The summed E-state index contributed by atoms with van der Waals surface area (Å²) >= 11 is 0. The van der Waals surface area contributed by atoms with Crippen LogP contribution in [-0.4, -0.2) is 76.6 Å². The van der Waals surface area contributed by atoms with Gasteiger partial charge in [0.25, 0.3) is 0 Å². The SMILES string of the molecule is CC(C)N(CC1OC(n2cc(N)c3c(N)ncnc32)C(O)C1O)C1CC(CCc2nc3ccc(C(C)(C)C)cc3[nH]2)C1. The second-order valence-corrected chi connectivity index (χ2v) is 13.5. The lowest BCUT2D eigenvalue weighted by Gasteiger charge is -2.46. The van der Waals surface area contributed by atoms with Crippen LogP contribution in [0.3, 0.4) is 0 Å². The van der Waals surface area contributed by atoms with Gasteiger partial charge < -0.3 is 36.0 Å². The van der Waals surface area contributed by atoms with E-state index in [2.05, 4.69) is 72.7 Å². The van der Waals surface area contributed by atoms with Gasteiger partial charge in [-0.3, -0.25) is 4.90 Å². The van der Waals surface area contributed by atoms with E-state index in [9.17, 15) is 10.2 Å². The zero-order valence-corrected chi connectivity index (χ0v) is 25.2. The minimum Gasteiger partial charge on any atom is -0.397 e. The van der Waals surface area contributed by atoms with Crippen molar-refractivity contribution in [2.24, 2.45) is 5.92 Å². The van der Waals surface area contributed by atoms with Gasteiger partial charge in [-0.25, -0.2) is 15.0 Å². The van der Waals surface area contributed by atoms with Crippen molar-refractivity contribution in [3.63, 3.8) is 0 Å². The van der Waals surface area contributed by atoms with Gasteiger partial charge in [0.1, 0.15) is 41.9 Å². The first-order valence-electron chi connectivity index (χ1n) is 15.0. The number of nitrogens with two attached hydrogens (primary N) is 2. The van der Waals surface area contributed by atoms with Gasteiger partial charge in [-0.15, -0.1) is 0 Å². The Balaban J connectivity index is 1.07. The van der Waals surface area contributed by atoms with Crippen molar-refractivity contribution in [1.29, 1.82) is 0 Å². The second-order valence-electron chi connectivity index (χ2n) is 13.5. The molecule has 11 heteroatoms.